The maximum Gasteiger partial charge on any atom is 0.417 e. The number of aromatic nitrogens is 3. The highest BCUT2D eigenvalue weighted by atomic mass is 35.5. The number of hydrogen-bond acceptors (Lipinski definition) is 7. The summed E-state index contributed by atoms with van der Waals surface area (Å²) in [5.74, 6) is 1.60. The van der Waals surface area contributed by atoms with Gasteiger partial charge in [-0.05, 0) is 31.4 Å². The minimum atomic E-state index is -1.09. The number of hydrogen-bond donors (Lipinski definition) is 2. The summed E-state index contributed by atoms with van der Waals surface area (Å²) in [5.41, 5.74) is 0.382. The van der Waals surface area contributed by atoms with Crippen LogP contribution in [0.25, 0.3) is 11.0 Å². The lowest BCUT2D eigenvalue weighted by molar-refractivity contribution is -0.131. The van der Waals surface area contributed by atoms with Crippen LogP contribution in [-0.4, -0.2) is 75.8 Å². The lowest BCUT2D eigenvalue weighted by Gasteiger charge is -2.42. The number of carboxylic acid groups (broad SMARTS) is 1. The molecule has 0 aliphatic carbocycles. The van der Waals surface area contributed by atoms with Crippen LogP contribution in [0.4, 0.5) is 10.6 Å². The van der Waals surface area contributed by atoms with Gasteiger partial charge in [-0.2, -0.15) is 5.26 Å². The number of likely N-dealkylation sites (tertiary alicyclic amines) is 1. The van der Waals surface area contributed by atoms with Gasteiger partial charge in [0.15, 0.2) is 5.65 Å². The van der Waals surface area contributed by atoms with Crippen molar-refractivity contribution in [2.75, 3.05) is 38.1 Å². The molecule has 11 heteroatoms. The number of likely N-dealkylation sites (N-methyl/N-ethyl adjacent to an activating group) is 1. The minimum Gasteiger partial charge on any atom is -0.464 e. The van der Waals surface area contributed by atoms with Crippen LogP contribution in [0.15, 0.2) is 12.3 Å². The van der Waals surface area contributed by atoms with Gasteiger partial charge in [0.05, 0.1) is 17.5 Å². The molecule has 4 heterocycles. The van der Waals surface area contributed by atoms with Crippen LogP contribution < -0.4 is 10.2 Å². The van der Waals surface area contributed by atoms with E-state index in [2.05, 4.69) is 22.1 Å². The van der Waals surface area contributed by atoms with Crippen molar-refractivity contribution in [1.29, 1.82) is 5.26 Å². The fourth-order valence-corrected chi connectivity index (χ4v) is 4.61. The zero-order chi connectivity index (χ0) is 22.1. The van der Waals surface area contributed by atoms with Crippen molar-refractivity contribution in [1.82, 2.24) is 24.8 Å². The van der Waals surface area contributed by atoms with Crippen LogP contribution in [-0.2, 0) is 4.79 Å². The molecule has 3 atom stereocenters. The molecule has 2 aromatic heterocycles. The number of amides is 1. The molecule has 1 amide bonds. The molecule has 2 aliphatic rings. The predicted molar refractivity (Wildman–Crippen MR) is 121 cm³/mol. The standard InChI is InChI=1S/C21H27N7O3.ClH/c1-13-5-9-27(17(29)3-7-22)12-16(13)26(2)19-15-6-10-28(21(30)31)20(15)25-18(24-19)14-4-8-23-11-14;/h6,10,13-14,16,23H,3-5,8-9,11-12H2,1-2H3,(H,30,31);1H/t13-,14?,16+;/m1./s1. The second-order valence-electron chi connectivity index (χ2n) is 8.42. The number of nitrogens with zero attached hydrogens (tertiary/aromatic N) is 6. The van der Waals surface area contributed by atoms with E-state index in [0.29, 0.717) is 41.7 Å². The SMILES string of the molecule is C[C@@H]1CCN(C(=O)CC#N)C[C@@H]1N(C)c1nc(C2CCNC2)nc2c1ccn2C(=O)O.Cl. The van der Waals surface area contributed by atoms with E-state index in [-0.39, 0.29) is 36.7 Å². The summed E-state index contributed by atoms with van der Waals surface area (Å²) in [4.78, 5) is 37.3. The zero-order valence-electron chi connectivity index (χ0n) is 18.2. The smallest absolute Gasteiger partial charge is 0.417 e. The molecule has 0 bridgehead atoms. The van der Waals surface area contributed by atoms with Crippen molar-refractivity contribution in [3.05, 3.63) is 18.1 Å². The largest absolute Gasteiger partial charge is 0.464 e. The van der Waals surface area contributed by atoms with Gasteiger partial charge in [0, 0.05) is 38.8 Å². The summed E-state index contributed by atoms with van der Waals surface area (Å²) in [6, 6.07) is 3.67. The predicted octanol–water partition coefficient (Wildman–Crippen LogP) is 2.04. The van der Waals surface area contributed by atoms with Gasteiger partial charge in [0.25, 0.3) is 0 Å². The molecule has 2 saturated heterocycles. The molecule has 0 aromatic carbocycles. The van der Waals surface area contributed by atoms with Crippen molar-refractivity contribution in [2.45, 2.75) is 38.1 Å². The highest BCUT2D eigenvalue weighted by molar-refractivity contribution is 5.93. The molecule has 0 saturated carbocycles. The molecule has 0 spiro atoms. The Bertz CT molecular complexity index is 1040. The van der Waals surface area contributed by atoms with Crippen LogP contribution in [0.3, 0.4) is 0 Å². The molecule has 2 aromatic rings. The van der Waals surface area contributed by atoms with E-state index in [1.807, 2.05) is 13.1 Å². The van der Waals surface area contributed by atoms with Gasteiger partial charge in [-0.3, -0.25) is 4.79 Å². The van der Waals surface area contributed by atoms with Crippen molar-refractivity contribution in [3.63, 3.8) is 0 Å². The van der Waals surface area contributed by atoms with E-state index in [0.717, 1.165) is 30.5 Å². The van der Waals surface area contributed by atoms with Crippen LogP contribution in [0.2, 0.25) is 0 Å². The summed E-state index contributed by atoms with van der Waals surface area (Å²) in [7, 11) is 1.94. The van der Waals surface area contributed by atoms with Crippen LogP contribution in [0.5, 0.6) is 0 Å². The third-order valence-corrected chi connectivity index (χ3v) is 6.51. The Kier molecular flexibility index (Phi) is 7.21. The number of rotatable bonds is 4. The number of anilines is 1. The molecular weight excluding hydrogens is 434 g/mol. The average molecular weight is 462 g/mol. The van der Waals surface area contributed by atoms with Gasteiger partial charge in [-0.15, -0.1) is 12.4 Å². The molecule has 0 radical (unpaired) electrons. The molecule has 10 nitrogen and oxygen atoms in total. The number of piperidine rings is 1. The fourth-order valence-electron chi connectivity index (χ4n) is 4.61. The molecular formula is C21H28ClN7O3. The Morgan fingerprint density at radius 3 is 2.81 bits per heavy atom. The first kappa shape index (κ1) is 23.8. The van der Waals surface area contributed by atoms with E-state index in [4.69, 9.17) is 10.2 Å². The summed E-state index contributed by atoms with van der Waals surface area (Å²) in [5, 5.41) is 22.5. The molecule has 2 aliphatic heterocycles. The maximum absolute atomic E-state index is 12.3. The number of carbonyl (C=O) groups is 2. The third kappa shape index (κ3) is 4.36. The molecule has 172 valence electrons. The second kappa shape index (κ2) is 9.71. The van der Waals surface area contributed by atoms with Crippen LogP contribution >= 0.6 is 12.4 Å². The van der Waals surface area contributed by atoms with Gasteiger partial charge >= 0.3 is 6.09 Å². The second-order valence-corrected chi connectivity index (χ2v) is 8.42. The zero-order valence-corrected chi connectivity index (χ0v) is 19.0. The minimum absolute atomic E-state index is 0. The quantitative estimate of drug-likeness (QED) is 0.708. The molecule has 32 heavy (non-hydrogen) atoms. The van der Waals surface area contributed by atoms with Crippen molar-refractivity contribution in [2.24, 2.45) is 5.92 Å². The van der Waals surface area contributed by atoms with Crippen molar-refractivity contribution in [3.8, 4) is 6.07 Å². The summed E-state index contributed by atoms with van der Waals surface area (Å²) >= 11 is 0. The molecule has 1 unspecified atom stereocenters. The van der Waals surface area contributed by atoms with Gasteiger partial charge in [-0.25, -0.2) is 19.3 Å². The van der Waals surface area contributed by atoms with E-state index in [1.165, 1.54) is 6.20 Å². The number of nitrogens with one attached hydrogen (secondary N) is 1. The molecule has 4 rings (SSSR count). The maximum atomic E-state index is 12.3. The summed E-state index contributed by atoms with van der Waals surface area (Å²) in [6.07, 6.45) is 2.03. The third-order valence-electron chi connectivity index (χ3n) is 6.51. The average Bonchev–Trinajstić information content (AvgIpc) is 3.43. The van der Waals surface area contributed by atoms with Crippen LogP contribution in [0.1, 0.15) is 37.9 Å². The first-order chi connectivity index (χ1) is 14.9. The van der Waals surface area contributed by atoms with Crippen molar-refractivity contribution >= 4 is 41.3 Å². The monoisotopic (exact) mass is 461 g/mol. The Morgan fingerprint density at radius 2 is 2.16 bits per heavy atom. The Hall–Kier alpha value is -2.90. The highest BCUT2D eigenvalue weighted by Crippen LogP contribution is 2.32. The topological polar surface area (TPSA) is 127 Å². The lowest BCUT2D eigenvalue weighted by Crippen LogP contribution is -2.52. The Labute approximate surface area is 192 Å². The highest BCUT2D eigenvalue weighted by Gasteiger charge is 2.33. The van der Waals surface area contributed by atoms with E-state index in [1.54, 1.807) is 11.0 Å². The lowest BCUT2D eigenvalue weighted by atomic mass is 9.92. The molecule has 2 N–H and O–H groups in total. The number of nitriles is 1. The van der Waals surface area contributed by atoms with E-state index >= 15 is 0 Å². The number of fused-ring (bicyclic) bond motifs is 1. The van der Waals surface area contributed by atoms with Gasteiger partial charge in [-0.1, -0.05) is 6.92 Å². The van der Waals surface area contributed by atoms with Gasteiger partial charge in [0.2, 0.25) is 5.91 Å². The van der Waals surface area contributed by atoms with Crippen molar-refractivity contribution < 1.29 is 14.7 Å². The van der Waals surface area contributed by atoms with Crippen LogP contribution in [0, 0.1) is 17.2 Å². The Morgan fingerprint density at radius 1 is 1.38 bits per heavy atom. The van der Waals surface area contributed by atoms with Gasteiger partial charge < -0.3 is 20.2 Å². The summed E-state index contributed by atoms with van der Waals surface area (Å²) < 4.78 is 1.13. The number of carbonyl (C=O) groups excluding carboxylic acids is 1. The normalized spacial score (nSPS) is 22.9. The Balaban J connectivity index is 0.00000289. The van der Waals surface area contributed by atoms with E-state index in [9.17, 15) is 14.7 Å². The molecule has 2 fully saturated rings. The number of halogens is 1. The van der Waals surface area contributed by atoms with E-state index < -0.39 is 6.09 Å². The summed E-state index contributed by atoms with van der Waals surface area (Å²) in [6.45, 7) is 4.94. The fraction of sp³-hybridized carbons (Fsp3) is 0.571. The van der Waals surface area contributed by atoms with Gasteiger partial charge in [0.1, 0.15) is 18.1 Å². The first-order valence-corrected chi connectivity index (χ1v) is 10.6. The first-order valence-electron chi connectivity index (χ1n) is 10.6.